The van der Waals surface area contributed by atoms with Crippen molar-refractivity contribution >= 4 is 26.7 Å². The first kappa shape index (κ1) is 19.7. The van der Waals surface area contributed by atoms with E-state index in [0.717, 1.165) is 19.9 Å². The van der Waals surface area contributed by atoms with Crippen molar-refractivity contribution in [3.63, 3.8) is 0 Å². The molecule has 0 radical (unpaired) electrons. The van der Waals surface area contributed by atoms with Crippen LogP contribution in [0.4, 0.5) is 0 Å². The molecule has 1 N–H and O–H groups in total. The smallest absolute Gasteiger partial charge is 0.275 e. The van der Waals surface area contributed by atoms with Crippen molar-refractivity contribution in [3.8, 4) is 0 Å². The quantitative estimate of drug-likeness (QED) is 0.664. The van der Waals surface area contributed by atoms with E-state index in [1.54, 1.807) is 36.5 Å². The first-order chi connectivity index (χ1) is 13.3. The van der Waals surface area contributed by atoms with Gasteiger partial charge in [-0.25, -0.2) is 17.4 Å². The van der Waals surface area contributed by atoms with Crippen LogP contribution in [0.3, 0.4) is 0 Å². The maximum Gasteiger partial charge on any atom is 0.275 e. The fourth-order valence-electron chi connectivity index (χ4n) is 2.62. The SMILES string of the molecule is CN(C)S(=O)(=O)c1ccc(CNC(=O)Cn2ncc3ccccc3c2=O)cc1. The van der Waals surface area contributed by atoms with Crippen LogP contribution in [0.15, 0.2) is 64.4 Å². The number of carbonyl (C=O) groups is 1. The number of amides is 1. The zero-order chi connectivity index (χ0) is 20.3. The van der Waals surface area contributed by atoms with Crippen LogP contribution in [-0.2, 0) is 27.9 Å². The Balaban J connectivity index is 1.65. The van der Waals surface area contributed by atoms with Gasteiger partial charge in [-0.05, 0) is 23.8 Å². The van der Waals surface area contributed by atoms with E-state index >= 15 is 0 Å². The molecule has 28 heavy (non-hydrogen) atoms. The molecule has 3 aromatic rings. The average Bonchev–Trinajstić information content (AvgIpc) is 2.69. The number of carbonyl (C=O) groups excluding carboxylic acids is 1. The normalized spacial score (nSPS) is 11.7. The summed E-state index contributed by atoms with van der Waals surface area (Å²) in [6, 6.07) is 13.3. The van der Waals surface area contributed by atoms with Gasteiger partial charge in [0.1, 0.15) is 6.54 Å². The fourth-order valence-corrected chi connectivity index (χ4v) is 3.52. The lowest BCUT2D eigenvalue weighted by molar-refractivity contribution is -0.122. The third-order valence-electron chi connectivity index (χ3n) is 4.25. The largest absolute Gasteiger partial charge is 0.350 e. The molecule has 0 fully saturated rings. The molecule has 0 aliphatic rings. The summed E-state index contributed by atoms with van der Waals surface area (Å²) in [5, 5.41) is 7.96. The lowest BCUT2D eigenvalue weighted by atomic mass is 10.2. The van der Waals surface area contributed by atoms with Gasteiger partial charge in [-0.1, -0.05) is 30.3 Å². The first-order valence-corrected chi connectivity index (χ1v) is 9.96. The molecule has 146 valence electrons. The molecule has 0 spiro atoms. The van der Waals surface area contributed by atoms with E-state index in [1.165, 1.54) is 26.2 Å². The van der Waals surface area contributed by atoms with E-state index in [4.69, 9.17) is 0 Å². The van der Waals surface area contributed by atoms with E-state index < -0.39 is 10.0 Å². The van der Waals surface area contributed by atoms with Gasteiger partial charge in [0.25, 0.3) is 5.56 Å². The summed E-state index contributed by atoms with van der Waals surface area (Å²) in [5.41, 5.74) is 0.413. The van der Waals surface area contributed by atoms with Gasteiger partial charge in [-0.2, -0.15) is 5.10 Å². The second kappa shape index (κ2) is 7.91. The van der Waals surface area contributed by atoms with Crippen molar-refractivity contribution in [1.82, 2.24) is 19.4 Å². The average molecular weight is 400 g/mol. The zero-order valence-corrected chi connectivity index (χ0v) is 16.3. The topological polar surface area (TPSA) is 101 Å². The fraction of sp³-hybridized carbons (Fsp3) is 0.211. The monoisotopic (exact) mass is 400 g/mol. The van der Waals surface area contributed by atoms with Crippen LogP contribution < -0.4 is 10.9 Å². The Labute approximate surface area is 162 Å². The van der Waals surface area contributed by atoms with Crippen molar-refractivity contribution in [2.75, 3.05) is 14.1 Å². The van der Waals surface area contributed by atoms with Gasteiger partial charge >= 0.3 is 0 Å². The van der Waals surface area contributed by atoms with Crippen molar-refractivity contribution < 1.29 is 13.2 Å². The van der Waals surface area contributed by atoms with Crippen molar-refractivity contribution in [2.24, 2.45) is 0 Å². The number of rotatable bonds is 6. The standard InChI is InChI=1S/C19H20N4O4S/c1-22(2)28(26,27)16-9-7-14(8-10-16)11-20-18(24)13-23-19(25)17-6-4-3-5-15(17)12-21-23/h3-10,12H,11,13H2,1-2H3,(H,20,24). The van der Waals surface area contributed by atoms with Crippen LogP contribution in [0.2, 0.25) is 0 Å². The summed E-state index contributed by atoms with van der Waals surface area (Å²) in [4.78, 5) is 24.7. The Kier molecular flexibility index (Phi) is 5.57. The number of aromatic nitrogens is 2. The molecule has 0 unspecified atom stereocenters. The molecule has 9 heteroatoms. The first-order valence-electron chi connectivity index (χ1n) is 8.52. The van der Waals surface area contributed by atoms with E-state index in [2.05, 4.69) is 10.4 Å². The third-order valence-corrected chi connectivity index (χ3v) is 6.08. The van der Waals surface area contributed by atoms with Gasteiger partial charge < -0.3 is 5.32 Å². The minimum atomic E-state index is -3.49. The summed E-state index contributed by atoms with van der Waals surface area (Å²) in [7, 11) is -0.560. The Morgan fingerprint density at radius 3 is 2.46 bits per heavy atom. The number of hydrogen-bond donors (Lipinski definition) is 1. The molecule has 3 rings (SSSR count). The lowest BCUT2D eigenvalue weighted by Crippen LogP contribution is -2.33. The highest BCUT2D eigenvalue weighted by Gasteiger charge is 2.16. The summed E-state index contributed by atoms with van der Waals surface area (Å²) < 4.78 is 26.4. The highest BCUT2D eigenvalue weighted by Crippen LogP contribution is 2.14. The lowest BCUT2D eigenvalue weighted by Gasteiger charge is -2.12. The van der Waals surface area contributed by atoms with Crippen LogP contribution in [0.25, 0.3) is 10.8 Å². The molecule has 1 aromatic heterocycles. The van der Waals surface area contributed by atoms with E-state index in [0.29, 0.717) is 5.39 Å². The highest BCUT2D eigenvalue weighted by molar-refractivity contribution is 7.89. The van der Waals surface area contributed by atoms with Crippen molar-refractivity contribution in [2.45, 2.75) is 18.0 Å². The van der Waals surface area contributed by atoms with E-state index in [9.17, 15) is 18.0 Å². The predicted molar refractivity (Wildman–Crippen MR) is 105 cm³/mol. The van der Waals surface area contributed by atoms with Crippen LogP contribution in [0.1, 0.15) is 5.56 Å². The molecular weight excluding hydrogens is 380 g/mol. The predicted octanol–water partition coefficient (Wildman–Crippen LogP) is 0.963. The van der Waals surface area contributed by atoms with E-state index in [1.807, 2.05) is 6.07 Å². The summed E-state index contributed by atoms with van der Waals surface area (Å²) in [6.45, 7) is 0.0141. The summed E-state index contributed by atoms with van der Waals surface area (Å²) >= 11 is 0. The highest BCUT2D eigenvalue weighted by atomic mass is 32.2. The van der Waals surface area contributed by atoms with Crippen LogP contribution in [-0.4, -0.2) is 42.5 Å². The molecule has 1 heterocycles. The molecule has 0 saturated carbocycles. The number of benzene rings is 2. The molecule has 1 amide bonds. The second-order valence-corrected chi connectivity index (χ2v) is 8.55. The van der Waals surface area contributed by atoms with Gasteiger partial charge in [0.15, 0.2) is 0 Å². The van der Waals surface area contributed by atoms with Gasteiger partial charge in [0, 0.05) is 26.0 Å². The van der Waals surface area contributed by atoms with E-state index in [-0.39, 0.29) is 29.5 Å². The second-order valence-electron chi connectivity index (χ2n) is 6.40. The Morgan fingerprint density at radius 1 is 1.11 bits per heavy atom. The molecule has 8 nitrogen and oxygen atoms in total. The summed E-state index contributed by atoms with van der Waals surface area (Å²) in [6.07, 6.45) is 1.55. The Bertz CT molecular complexity index is 1170. The number of nitrogens with one attached hydrogen (secondary N) is 1. The molecule has 0 atom stereocenters. The number of hydrogen-bond acceptors (Lipinski definition) is 5. The van der Waals surface area contributed by atoms with Gasteiger partial charge in [0.2, 0.25) is 15.9 Å². The zero-order valence-electron chi connectivity index (χ0n) is 15.5. The minimum absolute atomic E-state index is 0.180. The number of nitrogens with zero attached hydrogens (tertiary/aromatic N) is 3. The number of fused-ring (bicyclic) bond motifs is 1. The van der Waals surface area contributed by atoms with Gasteiger partial charge in [-0.3, -0.25) is 9.59 Å². The van der Waals surface area contributed by atoms with Crippen LogP contribution in [0, 0.1) is 0 Å². The van der Waals surface area contributed by atoms with Crippen molar-refractivity contribution in [1.29, 1.82) is 0 Å². The van der Waals surface area contributed by atoms with Gasteiger partial charge in [0.05, 0.1) is 16.5 Å². The molecule has 0 bridgehead atoms. The third kappa shape index (κ3) is 4.10. The number of sulfonamides is 1. The van der Waals surface area contributed by atoms with Crippen LogP contribution in [0.5, 0.6) is 0 Å². The van der Waals surface area contributed by atoms with Crippen LogP contribution >= 0.6 is 0 Å². The molecule has 0 aliphatic heterocycles. The van der Waals surface area contributed by atoms with Gasteiger partial charge in [-0.15, -0.1) is 0 Å². The summed E-state index contributed by atoms with van der Waals surface area (Å²) in [5.74, 6) is -0.366. The van der Waals surface area contributed by atoms with Crippen molar-refractivity contribution in [3.05, 3.63) is 70.6 Å². The maximum atomic E-state index is 12.4. The Morgan fingerprint density at radius 2 is 1.79 bits per heavy atom. The Hall–Kier alpha value is -3.04. The molecular formula is C19H20N4O4S. The minimum Gasteiger partial charge on any atom is -0.350 e. The molecule has 0 saturated heterocycles. The molecule has 0 aliphatic carbocycles. The molecule has 2 aromatic carbocycles. The maximum absolute atomic E-state index is 12.4.